The van der Waals surface area contributed by atoms with E-state index in [0.717, 1.165) is 41.8 Å². The lowest BCUT2D eigenvalue weighted by Gasteiger charge is -2.30. The summed E-state index contributed by atoms with van der Waals surface area (Å²) in [5.74, 6) is -1.74. The van der Waals surface area contributed by atoms with Crippen LogP contribution >= 0.6 is 35.2 Å². The van der Waals surface area contributed by atoms with Crippen LogP contribution in [0.4, 0.5) is 5.82 Å². The number of phosphoric acid groups is 3. The molecule has 69 heavy (non-hydrogen) atoms. The number of rotatable bonds is 33. The van der Waals surface area contributed by atoms with E-state index in [2.05, 4.69) is 41.3 Å². The van der Waals surface area contributed by atoms with Gasteiger partial charge in [0.1, 0.15) is 36.3 Å². The van der Waals surface area contributed by atoms with Crippen molar-refractivity contribution in [2.24, 2.45) is 5.41 Å². The second-order valence-electron chi connectivity index (χ2n) is 16.8. The standard InChI is InChI=1S/C23H38N7O17P3S.C16H32O2/c1-12(31)51-7-6-25-14(32)4-5-26-21(35)18(34)23(2,3)9-44-50(41,42)47-49(39,40)43-8-13-17(46-48(36,37)38)16(33)22(45-13)30-11-29-15-19(24)27-10-28-20(15)30;1-2-3-4-5-6-7-8-9-10-11-12-13-14-15-16(17)18/h10-11,13,16-18,22,33-34H,4-9H2,1-3H3,(H,25,32)(H,26,35)(H,39,40)(H,41,42)(H2,24,27,28)(H2,36,37,38);2-15H2,1H3,(H,17,18)/t13-,16-,17-,18+,22-;/m1./s1/i;16-1. The smallest absolute Gasteiger partial charge is 0.481 e. The first kappa shape index (κ1) is 62.1. The molecule has 0 saturated carbocycles. The van der Waals surface area contributed by atoms with E-state index in [0.29, 0.717) is 12.2 Å². The van der Waals surface area contributed by atoms with Gasteiger partial charge in [-0.2, -0.15) is 4.31 Å². The molecule has 3 heterocycles. The Bertz CT molecular complexity index is 2060. The van der Waals surface area contributed by atoms with Crippen LogP contribution in [0.15, 0.2) is 12.7 Å². The van der Waals surface area contributed by atoms with Gasteiger partial charge in [0.2, 0.25) is 11.8 Å². The molecule has 3 rings (SSSR count). The molecule has 396 valence electrons. The highest BCUT2D eigenvalue weighted by Gasteiger charge is 2.50. The Balaban J connectivity index is 0.000000765. The van der Waals surface area contributed by atoms with Crippen LogP contribution in [0.5, 0.6) is 0 Å². The summed E-state index contributed by atoms with van der Waals surface area (Å²) in [6.45, 7) is 4.16. The number of phosphoric ester groups is 3. The second-order valence-corrected chi connectivity index (χ2v) is 22.3. The van der Waals surface area contributed by atoms with E-state index in [-0.39, 0.29) is 41.6 Å². The van der Waals surface area contributed by atoms with Crippen molar-refractivity contribution in [1.29, 1.82) is 0 Å². The topological polar surface area (TPSA) is 401 Å². The lowest BCUT2D eigenvalue weighted by atomic mass is 9.87. The number of nitrogens with two attached hydrogens (primary N) is 1. The zero-order chi connectivity index (χ0) is 51.8. The number of anilines is 1. The molecular formula is C39H70N7O19P3S. The predicted octanol–water partition coefficient (Wildman–Crippen LogP) is 4.24. The molecule has 0 spiro atoms. The number of hydrogen-bond donors (Lipinski definition) is 10. The number of thioether (sulfide) groups is 1. The number of carboxylic acid groups (broad SMARTS) is 1. The van der Waals surface area contributed by atoms with Crippen molar-refractivity contribution in [1.82, 2.24) is 30.2 Å². The third-order valence-electron chi connectivity index (χ3n) is 10.3. The molecule has 0 aromatic carbocycles. The fourth-order valence-electron chi connectivity index (χ4n) is 6.62. The molecule has 1 aliphatic rings. The number of aliphatic hydroxyl groups excluding tert-OH is 2. The highest BCUT2D eigenvalue weighted by molar-refractivity contribution is 8.13. The van der Waals surface area contributed by atoms with Gasteiger partial charge in [-0.1, -0.05) is 110 Å². The number of aromatic nitrogens is 4. The number of unbranched alkanes of at least 4 members (excludes halogenated alkanes) is 12. The van der Waals surface area contributed by atoms with Crippen LogP contribution in [0.25, 0.3) is 11.2 Å². The second kappa shape index (κ2) is 30.8. The Morgan fingerprint density at radius 2 is 1.45 bits per heavy atom. The van der Waals surface area contributed by atoms with Gasteiger partial charge in [-0.15, -0.1) is 0 Å². The van der Waals surface area contributed by atoms with E-state index in [1.54, 1.807) is 0 Å². The summed E-state index contributed by atoms with van der Waals surface area (Å²) in [5, 5.41) is 34.5. The first-order valence-electron chi connectivity index (χ1n) is 22.5. The largest absolute Gasteiger partial charge is 0.481 e. The van der Waals surface area contributed by atoms with Gasteiger partial charge in [-0.05, 0) is 6.42 Å². The molecule has 2 aromatic heterocycles. The molecular weight excluding hydrogens is 994 g/mol. The van der Waals surface area contributed by atoms with Crippen LogP contribution in [-0.4, -0.2) is 134 Å². The molecule has 0 bridgehead atoms. The van der Waals surface area contributed by atoms with Crippen LogP contribution < -0.4 is 16.4 Å². The van der Waals surface area contributed by atoms with Crippen molar-refractivity contribution in [2.75, 3.05) is 37.8 Å². The summed E-state index contributed by atoms with van der Waals surface area (Å²) in [6.07, 6.45) is 10.4. The van der Waals surface area contributed by atoms with Crippen molar-refractivity contribution in [3.8, 4) is 0 Å². The fourth-order valence-corrected chi connectivity index (χ4v) is 9.94. The van der Waals surface area contributed by atoms with Gasteiger partial charge in [0.25, 0.3) is 0 Å². The first-order chi connectivity index (χ1) is 32.3. The number of ether oxygens (including phenoxy) is 1. The fraction of sp³-hybridized carbons (Fsp3) is 0.769. The molecule has 2 amide bonds. The molecule has 11 N–H and O–H groups in total. The number of nitrogens with one attached hydrogen (secondary N) is 2. The highest BCUT2D eigenvalue weighted by atomic mass is 32.2. The van der Waals surface area contributed by atoms with E-state index >= 15 is 0 Å². The van der Waals surface area contributed by atoms with Crippen LogP contribution in [0, 0.1) is 5.41 Å². The Morgan fingerprint density at radius 1 is 0.870 bits per heavy atom. The normalized spacial score (nSPS) is 19.5. The monoisotopic (exact) mass is 1060 g/mol. The molecule has 0 radical (unpaired) electrons. The van der Waals surface area contributed by atoms with Gasteiger partial charge >= 0.3 is 29.4 Å². The minimum Gasteiger partial charge on any atom is -0.481 e. The third-order valence-corrected chi connectivity index (χ3v) is 14.2. The minimum atomic E-state index is -5.56. The van der Waals surface area contributed by atoms with Crippen LogP contribution in [0.3, 0.4) is 0 Å². The van der Waals surface area contributed by atoms with Gasteiger partial charge in [0, 0.05) is 44.0 Å². The zero-order valence-corrected chi connectivity index (χ0v) is 42.8. The van der Waals surface area contributed by atoms with Crippen molar-refractivity contribution in [2.45, 2.75) is 155 Å². The number of nitrogens with zero attached hydrogens (tertiary/aromatic N) is 4. The summed E-state index contributed by atoms with van der Waals surface area (Å²) in [4.78, 5) is 96.2. The van der Waals surface area contributed by atoms with Crippen molar-refractivity contribution in [3.63, 3.8) is 0 Å². The Labute approximate surface area is 405 Å². The molecule has 30 heteroatoms. The minimum absolute atomic E-state index is 0.0310. The molecule has 1 fully saturated rings. The first-order valence-corrected chi connectivity index (χ1v) is 28.0. The zero-order valence-electron chi connectivity index (χ0n) is 39.3. The summed E-state index contributed by atoms with van der Waals surface area (Å²) < 4.78 is 61.8. The Hall–Kier alpha value is -2.97. The maximum atomic E-state index is 12.6. The average Bonchev–Trinajstić information content (AvgIpc) is 3.82. The van der Waals surface area contributed by atoms with Gasteiger partial charge in [0.05, 0.1) is 19.5 Å². The average molecular weight is 1070 g/mol. The van der Waals surface area contributed by atoms with Gasteiger partial charge in [0.15, 0.2) is 22.8 Å². The Morgan fingerprint density at radius 3 is 2.01 bits per heavy atom. The Kier molecular flexibility index (Phi) is 27.7. The lowest BCUT2D eigenvalue weighted by Crippen LogP contribution is -2.46. The molecule has 1 saturated heterocycles. The number of aliphatic carboxylic acids is 1. The summed E-state index contributed by atoms with van der Waals surface area (Å²) in [5.41, 5.74) is 4.26. The molecule has 2 aromatic rings. The van der Waals surface area contributed by atoms with Gasteiger partial charge in [-0.3, -0.25) is 37.3 Å². The number of carbonyl (C=O) groups excluding carboxylic acids is 3. The molecule has 26 nitrogen and oxygen atoms in total. The number of carboxylic acids is 1. The maximum absolute atomic E-state index is 12.6. The lowest BCUT2D eigenvalue weighted by molar-refractivity contribution is -0.137. The summed E-state index contributed by atoms with van der Waals surface area (Å²) in [7, 11) is -16.4. The number of hydrogen-bond acceptors (Lipinski definition) is 19. The van der Waals surface area contributed by atoms with E-state index in [1.807, 2.05) is 0 Å². The molecule has 7 atom stereocenters. The molecule has 0 aliphatic carbocycles. The maximum Gasteiger partial charge on any atom is 0.481 e. The van der Waals surface area contributed by atoms with E-state index in [1.165, 1.54) is 91.4 Å². The molecule has 1 aliphatic heterocycles. The van der Waals surface area contributed by atoms with Crippen molar-refractivity contribution < 1.29 is 90.4 Å². The third kappa shape index (κ3) is 24.8. The number of carbonyl (C=O) groups is 4. The quantitative estimate of drug-likeness (QED) is 0.0353. The number of aliphatic hydroxyl groups is 2. The number of nitrogen functional groups attached to an aromatic ring is 1. The predicted molar refractivity (Wildman–Crippen MR) is 251 cm³/mol. The van der Waals surface area contributed by atoms with Crippen LogP contribution in [-0.2, 0) is 55.5 Å². The van der Waals surface area contributed by atoms with Crippen molar-refractivity contribution >= 4 is 75.1 Å². The number of amides is 2. The van der Waals surface area contributed by atoms with Crippen LogP contribution in [0.1, 0.15) is 130 Å². The van der Waals surface area contributed by atoms with E-state index in [9.17, 15) is 62.7 Å². The summed E-state index contributed by atoms with van der Waals surface area (Å²) in [6, 6.07) is 0. The van der Waals surface area contributed by atoms with Crippen LogP contribution in [0.2, 0.25) is 0 Å². The van der Waals surface area contributed by atoms with Crippen molar-refractivity contribution in [3.05, 3.63) is 12.7 Å². The van der Waals surface area contributed by atoms with E-state index < -0.39 is 90.5 Å². The van der Waals surface area contributed by atoms with Gasteiger partial charge in [-0.25, -0.2) is 28.6 Å². The van der Waals surface area contributed by atoms with Gasteiger partial charge < -0.3 is 56.0 Å². The molecule has 2 unspecified atom stereocenters. The highest BCUT2D eigenvalue weighted by Crippen LogP contribution is 2.61. The summed E-state index contributed by atoms with van der Waals surface area (Å²) >= 11 is 1.03. The number of imidazole rings is 1. The van der Waals surface area contributed by atoms with E-state index in [4.69, 9.17) is 24.6 Å². The number of fused-ring (bicyclic) bond motifs is 1. The SMILES string of the molecule is CC(=O)SCCNC(=O)CCNC(=O)[C@H](O)C(C)(C)COP(=O)(O)OP(=O)(O)OC[C@H]1O[C@@H](n2cnc3c(N)ncnc32)[C@H](O)[C@@H]1OP(=O)(O)O.CCCCCCCCCCCCCCC[11C](=O)O.